The summed E-state index contributed by atoms with van der Waals surface area (Å²) in [4.78, 5) is 8.99. The van der Waals surface area contributed by atoms with Gasteiger partial charge in [-0.3, -0.25) is 0 Å². The molecule has 194 valence electrons. The fourth-order valence-corrected chi connectivity index (χ4v) is 5.77. The minimum atomic E-state index is -3.75. The molecule has 3 aromatic rings. The van der Waals surface area contributed by atoms with Crippen molar-refractivity contribution in [1.82, 2.24) is 19.4 Å². The fourth-order valence-electron chi connectivity index (χ4n) is 3.45. The number of ether oxygens (including phenoxy) is 1. The molecule has 2 aromatic carbocycles. The van der Waals surface area contributed by atoms with Crippen molar-refractivity contribution in [3.63, 3.8) is 0 Å². The molecule has 13 heteroatoms. The topological polar surface area (TPSA) is 151 Å². The standard InChI is InChI=1S/C24H26N6O5S2/c1-35-21-11-2-3-12-22(21)37(33,34)28-14-5-4-8-18-17-26-24-29-19-9-6-10-20(16-19)36(31,32)27-15-7-13-25-23(18)30-24/h2-3,6,9-12,16-17,27-28H,5,7,13-15H2,1H3,(H2,25,26,29,30). The quantitative estimate of drug-likeness (QED) is 0.280. The summed E-state index contributed by atoms with van der Waals surface area (Å²) in [5.41, 5.74) is 1.05. The maximum Gasteiger partial charge on any atom is 0.244 e. The number of hydrogen-bond donors (Lipinski definition) is 4. The van der Waals surface area contributed by atoms with Crippen molar-refractivity contribution in [2.75, 3.05) is 37.4 Å². The SMILES string of the molecule is COc1ccccc1S(=O)(=O)NCCC#Cc1cnc2nc1NCCCNS(=O)(=O)c1cccc(c1)N2. The number of aromatic nitrogens is 2. The van der Waals surface area contributed by atoms with Gasteiger partial charge in [0, 0.05) is 31.7 Å². The van der Waals surface area contributed by atoms with Gasteiger partial charge in [0.2, 0.25) is 26.0 Å². The fraction of sp³-hybridized carbons (Fsp3) is 0.250. The lowest BCUT2D eigenvalue weighted by Crippen LogP contribution is -2.26. The van der Waals surface area contributed by atoms with Crippen LogP contribution < -0.4 is 24.8 Å². The molecule has 0 fully saturated rings. The van der Waals surface area contributed by atoms with Crippen LogP contribution in [-0.2, 0) is 20.0 Å². The van der Waals surface area contributed by atoms with E-state index < -0.39 is 20.0 Å². The summed E-state index contributed by atoms with van der Waals surface area (Å²) in [7, 11) is -5.97. The summed E-state index contributed by atoms with van der Waals surface area (Å²) in [6.45, 7) is 0.801. The first kappa shape index (κ1) is 26.4. The molecule has 37 heavy (non-hydrogen) atoms. The van der Waals surface area contributed by atoms with Crippen LogP contribution in [0.2, 0.25) is 0 Å². The highest BCUT2D eigenvalue weighted by atomic mass is 32.2. The minimum Gasteiger partial charge on any atom is -0.495 e. The van der Waals surface area contributed by atoms with E-state index in [1.807, 2.05) is 0 Å². The van der Waals surface area contributed by atoms with Gasteiger partial charge >= 0.3 is 0 Å². The first-order valence-electron chi connectivity index (χ1n) is 11.4. The second kappa shape index (κ2) is 11.6. The molecular formula is C24H26N6O5S2. The Kier molecular flexibility index (Phi) is 8.24. The molecule has 0 atom stereocenters. The van der Waals surface area contributed by atoms with E-state index in [0.29, 0.717) is 30.0 Å². The van der Waals surface area contributed by atoms with Crippen LogP contribution in [0.5, 0.6) is 5.75 Å². The molecule has 0 amide bonds. The van der Waals surface area contributed by atoms with Crippen LogP contribution in [-0.4, -0.2) is 53.5 Å². The highest BCUT2D eigenvalue weighted by Crippen LogP contribution is 2.23. The lowest BCUT2D eigenvalue weighted by Gasteiger charge is -2.10. The van der Waals surface area contributed by atoms with Crippen LogP contribution in [0.4, 0.5) is 17.5 Å². The summed E-state index contributed by atoms with van der Waals surface area (Å²) in [5.74, 6) is 6.95. The molecule has 1 aromatic heterocycles. The van der Waals surface area contributed by atoms with Gasteiger partial charge in [-0.25, -0.2) is 31.3 Å². The number of sulfonamides is 2. The van der Waals surface area contributed by atoms with Gasteiger partial charge in [0.15, 0.2) is 0 Å². The molecule has 0 spiro atoms. The molecule has 4 rings (SSSR count). The molecule has 0 saturated heterocycles. The van der Waals surface area contributed by atoms with Crippen molar-refractivity contribution in [2.45, 2.75) is 22.6 Å². The molecular weight excluding hydrogens is 516 g/mol. The lowest BCUT2D eigenvalue weighted by atomic mass is 10.2. The molecule has 1 aliphatic heterocycles. The van der Waals surface area contributed by atoms with Crippen molar-refractivity contribution in [3.8, 4) is 17.6 Å². The predicted molar refractivity (Wildman–Crippen MR) is 140 cm³/mol. The van der Waals surface area contributed by atoms with Crippen LogP contribution in [0.15, 0.2) is 64.5 Å². The second-order valence-electron chi connectivity index (χ2n) is 7.89. The van der Waals surface area contributed by atoms with Crippen LogP contribution in [0.25, 0.3) is 0 Å². The van der Waals surface area contributed by atoms with E-state index in [0.717, 1.165) is 0 Å². The maximum atomic E-state index is 12.6. The van der Waals surface area contributed by atoms with Gasteiger partial charge in [-0.2, -0.15) is 4.98 Å². The Bertz CT molecular complexity index is 1550. The van der Waals surface area contributed by atoms with E-state index in [9.17, 15) is 16.8 Å². The average Bonchev–Trinajstić information content (AvgIpc) is 2.89. The summed E-state index contributed by atoms with van der Waals surface area (Å²) < 4.78 is 60.4. The van der Waals surface area contributed by atoms with Crippen molar-refractivity contribution < 1.29 is 21.6 Å². The van der Waals surface area contributed by atoms with Crippen LogP contribution in [0.3, 0.4) is 0 Å². The Hall–Kier alpha value is -3.70. The number of nitrogens with one attached hydrogen (secondary N) is 4. The zero-order chi connectivity index (χ0) is 26.3. The van der Waals surface area contributed by atoms with E-state index in [1.165, 1.54) is 25.3 Å². The molecule has 1 aliphatic rings. The third-order valence-electron chi connectivity index (χ3n) is 5.25. The van der Waals surface area contributed by atoms with Crippen molar-refractivity contribution in [2.24, 2.45) is 0 Å². The summed E-state index contributed by atoms with van der Waals surface area (Å²) in [6, 6.07) is 12.8. The molecule has 11 nitrogen and oxygen atoms in total. The Balaban J connectivity index is 1.47. The van der Waals surface area contributed by atoms with Crippen LogP contribution in [0, 0.1) is 11.8 Å². The number of para-hydroxylation sites is 1. The van der Waals surface area contributed by atoms with Crippen molar-refractivity contribution in [1.29, 1.82) is 0 Å². The number of hydrogen-bond acceptors (Lipinski definition) is 9. The molecule has 0 aliphatic carbocycles. The Labute approximate surface area is 216 Å². The van der Waals surface area contributed by atoms with Crippen LogP contribution in [0.1, 0.15) is 18.4 Å². The molecule has 4 N–H and O–H groups in total. The van der Waals surface area contributed by atoms with Gasteiger partial charge in [0.05, 0.1) is 23.8 Å². The number of methoxy groups -OCH3 is 1. The number of rotatable bonds is 5. The second-order valence-corrected chi connectivity index (χ2v) is 11.4. The number of anilines is 3. The van der Waals surface area contributed by atoms with Crippen molar-refractivity contribution >= 4 is 37.5 Å². The number of benzene rings is 2. The van der Waals surface area contributed by atoms with Crippen molar-refractivity contribution in [3.05, 3.63) is 60.3 Å². The van der Waals surface area contributed by atoms with Gasteiger partial charge in [0.25, 0.3) is 0 Å². The van der Waals surface area contributed by atoms with E-state index in [2.05, 4.69) is 41.9 Å². The van der Waals surface area contributed by atoms with Gasteiger partial charge < -0.3 is 15.4 Å². The largest absolute Gasteiger partial charge is 0.495 e. The highest BCUT2D eigenvalue weighted by molar-refractivity contribution is 7.89. The highest BCUT2D eigenvalue weighted by Gasteiger charge is 2.18. The zero-order valence-corrected chi connectivity index (χ0v) is 21.6. The molecule has 0 saturated carbocycles. The first-order valence-corrected chi connectivity index (χ1v) is 14.3. The summed E-state index contributed by atoms with van der Waals surface area (Å²) in [6.07, 6.45) is 2.33. The summed E-state index contributed by atoms with van der Waals surface area (Å²) in [5, 5.41) is 6.19. The smallest absolute Gasteiger partial charge is 0.244 e. The lowest BCUT2D eigenvalue weighted by molar-refractivity contribution is 0.402. The Morgan fingerprint density at radius 1 is 1.14 bits per heavy atom. The van der Waals surface area contributed by atoms with Gasteiger partial charge in [-0.15, -0.1) is 0 Å². The molecule has 0 radical (unpaired) electrons. The molecule has 4 bridgehead atoms. The third-order valence-corrected chi connectivity index (χ3v) is 8.21. The maximum absolute atomic E-state index is 12.6. The Morgan fingerprint density at radius 2 is 1.97 bits per heavy atom. The average molecular weight is 543 g/mol. The predicted octanol–water partition coefficient (Wildman–Crippen LogP) is 2.04. The van der Waals surface area contributed by atoms with E-state index in [-0.39, 0.29) is 41.0 Å². The minimum absolute atomic E-state index is 0.0604. The zero-order valence-electron chi connectivity index (χ0n) is 20.0. The van der Waals surface area contributed by atoms with Crippen LogP contribution >= 0.6 is 0 Å². The van der Waals surface area contributed by atoms with Gasteiger partial charge in [-0.05, 0) is 36.8 Å². The van der Waals surface area contributed by atoms with E-state index >= 15 is 0 Å². The van der Waals surface area contributed by atoms with Gasteiger partial charge in [-0.1, -0.05) is 30.0 Å². The number of fused-ring (bicyclic) bond motifs is 4. The molecule has 2 heterocycles. The monoisotopic (exact) mass is 542 g/mol. The van der Waals surface area contributed by atoms with Gasteiger partial charge in [0.1, 0.15) is 16.5 Å². The molecule has 0 unspecified atom stereocenters. The summed E-state index contributed by atoms with van der Waals surface area (Å²) >= 11 is 0. The normalized spacial score (nSPS) is 14.8. The Morgan fingerprint density at radius 3 is 2.81 bits per heavy atom. The van der Waals surface area contributed by atoms with E-state index in [4.69, 9.17) is 4.74 Å². The third kappa shape index (κ3) is 6.75. The van der Waals surface area contributed by atoms with E-state index in [1.54, 1.807) is 36.5 Å². The first-order chi connectivity index (χ1) is 17.8. The number of nitrogens with zero attached hydrogens (tertiary/aromatic N) is 2.